The monoisotopic (exact) mass is 483 g/mol. The van der Waals surface area contributed by atoms with Gasteiger partial charge in [0.25, 0.3) is 0 Å². The lowest BCUT2D eigenvalue weighted by molar-refractivity contribution is -0.136. The van der Waals surface area contributed by atoms with Gasteiger partial charge in [-0.1, -0.05) is 30.3 Å². The number of benzene rings is 2. The van der Waals surface area contributed by atoms with Gasteiger partial charge < -0.3 is 19.2 Å². The van der Waals surface area contributed by atoms with E-state index in [0.717, 1.165) is 16.5 Å². The minimum atomic E-state index is -0.889. The Morgan fingerprint density at radius 3 is 2.47 bits per heavy atom. The molecule has 1 heterocycles. The van der Waals surface area contributed by atoms with Crippen LogP contribution < -0.4 is 15.7 Å². The van der Waals surface area contributed by atoms with E-state index >= 15 is 0 Å². The second-order valence-corrected chi connectivity index (χ2v) is 9.80. The number of aryl methyl sites for hydroxylation is 1. The van der Waals surface area contributed by atoms with E-state index in [9.17, 15) is 14.4 Å². The Morgan fingerprint density at radius 2 is 1.82 bits per heavy atom. The first-order valence-electron chi connectivity index (χ1n) is 10.9. The van der Waals surface area contributed by atoms with Gasteiger partial charge in [0.2, 0.25) is 0 Å². The maximum atomic E-state index is 13.0. The molecule has 0 bridgehead atoms. The zero-order chi connectivity index (χ0) is 24.9. The lowest BCUT2D eigenvalue weighted by atomic mass is 10.0. The molecule has 1 N–H and O–H groups in total. The zero-order valence-electron chi connectivity index (χ0n) is 20.0. The number of hydrogen-bond donors (Lipinski definition) is 1. The summed E-state index contributed by atoms with van der Waals surface area (Å²) in [7, 11) is 0. The highest BCUT2D eigenvalue weighted by molar-refractivity contribution is 7.98. The predicted molar refractivity (Wildman–Crippen MR) is 134 cm³/mol. The first-order chi connectivity index (χ1) is 16.1. The molecule has 3 rings (SSSR count). The smallest absolute Gasteiger partial charge is 0.408 e. The van der Waals surface area contributed by atoms with Gasteiger partial charge in [-0.05, 0) is 69.4 Å². The number of carbonyl (C=O) groups is 2. The highest BCUT2D eigenvalue weighted by atomic mass is 32.2. The summed E-state index contributed by atoms with van der Waals surface area (Å²) in [5, 5.41) is 3.33. The van der Waals surface area contributed by atoms with Crippen LogP contribution in [-0.2, 0) is 9.53 Å². The van der Waals surface area contributed by atoms with Gasteiger partial charge in [-0.25, -0.2) is 14.4 Å². The van der Waals surface area contributed by atoms with Crippen molar-refractivity contribution < 1.29 is 23.5 Å². The minimum Gasteiger partial charge on any atom is -0.444 e. The molecule has 180 valence electrons. The lowest BCUT2D eigenvalue weighted by Gasteiger charge is -2.23. The fourth-order valence-electron chi connectivity index (χ4n) is 3.42. The maximum absolute atomic E-state index is 13.0. The lowest BCUT2D eigenvalue weighted by Crippen LogP contribution is -2.45. The molecule has 1 aromatic heterocycles. The van der Waals surface area contributed by atoms with Crippen LogP contribution in [0.3, 0.4) is 0 Å². The SMILES string of the molecule is CSCCC(NC(=O)OC(C)(C)C)C(=O)Oc1ccc2c(-c3ccccc3)cc(=O)oc2c1C. The van der Waals surface area contributed by atoms with Crippen molar-refractivity contribution in [3.05, 3.63) is 64.5 Å². The summed E-state index contributed by atoms with van der Waals surface area (Å²) >= 11 is 1.55. The maximum Gasteiger partial charge on any atom is 0.408 e. The summed E-state index contributed by atoms with van der Waals surface area (Å²) in [6.45, 7) is 6.97. The molecule has 1 unspecified atom stereocenters. The Morgan fingerprint density at radius 1 is 1.12 bits per heavy atom. The number of rotatable bonds is 7. The molecule has 34 heavy (non-hydrogen) atoms. The zero-order valence-corrected chi connectivity index (χ0v) is 20.8. The number of esters is 1. The third-order valence-corrected chi connectivity index (χ3v) is 5.64. The molecule has 8 heteroatoms. The van der Waals surface area contributed by atoms with Crippen molar-refractivity contribution in [1.82, 2.24) is 5.32 Å². The Kier molecular flexibility index (Phi) is 8.04. The largest absolute Gasteiger partial charge is 0.444 e. The van der Waals surface area contributed by atoms with E-state index in [1.807, 2.05) is 36.6 Å². The highest BCUT2D eigenvalue weighted by Gasteiger charge is 2.26. The van der Waals surface area contributed by atoms with Crippen LogP contribution in [0.1, 0.15) is 32.8 Å². The van der Waals surface area contributed by atoms with Gasteiger partial charge in [0, 0.05) is 17.0 Å². The number of fused-ring (bicyclic) bond motifs is 1. The number of ether oxygens (including phenoxy) is 2. The Balaban J connectivity index is 1.90. The quantitative estimate of drug-likeness (QED) is 0.276. The van der Waals surface area contributed by atoms with Crippen molar-refractivity contribution in [3.8, 4) is 16.9 Å². The van der Waals surface area contributed by atoms with E-state index in [2.05, 4.69) is 5.32 Å². The topological polar surface area (TPSA) is 94.8 Å². The van der Waals surface area contributed by atoms with Crippen molar-refractivity contribution >= 4 is 34.8 Å². The number of amides is 1. The van der Waals surface area contributed by atoms with Crippen LogP contribution in [0.5, 0.6) is 5.75 Å². The van der Waals surface area contributed by atoms with Gasteiger partial charge >= 0.3 is 17.7 Å². The number of thioether (sulfide) groups is 1. The third kappa shape index (κ3) is 6.41. The fourth-order valence-corrected chi connectivity index (χ4v) is 3.90. The van der Waals surface area contributed by atoms with Crippen LogP contribution in [0, 0.1) is 6.92 Å². The summed E-state index contributed by atoms with van der Waals surface area (Å²) in [4.78, 5) is 37.5. The average Bonchev–Trinajstić information content (AvgIpc) is 2.77. The summed E-state index contributed by atoms with van der Waals surface area (Å²) in [6.07, 6.45) is 1.60. The molecule has 1 amide bonds. The van der Waals surface area contributed by atoms with Gasteiger partial charge in [-0.15, -0.1) is 0 Å². The standard InChI is InChI=1S/C26H29NO6S/c1-16-21(31-24(29)20(13-14-34-5)27-25(30)33-26(2,3)4)12-11-18-19(15-22(28)32-23(16)18)17-9-7-6-8-10-17/h6-12,15,20H,13-14H2,1-5H3,(H,27,30). The first-order valence-corrected chi connectivity index (χ1v) is 12.3. The van der Waals surface area contributed by atoms with Crippen molar-refractivity contribution in [2.45, 2.75) is 45.8 Å². The van der Waals surface area contributed by atoms with Gasteiger partial charge in [-0.2, -0.15) is 11.8 Å². The second-order valence-electron chi connectivity index (χ2n) is 8.81. The number of nitrogens with one attached hydrogen (secondary N) is 1. The van der Waals surface area contributed by atoms with Crippen molar-refractivity contribution in [2.24, 2.45) is 0 Å². The van der Waals surface area contributed by atoms with E-state index in [1.54, 1.807) is 51.6 Å². The molecule has 0 saturated heterocycles. The molecule has 7 nitrogen and oxygen atoms in total. The molecule has 3 aromatic rings. The van der Waals surface area contributed by atoms with E-state index < -0.39 is 29.3 Å². The molecule has 2 aromatic carbocycles. The van der Waals surface area contributed by atoms with Crippen LogP contribution in [0.2, 0.25) is 0 Å². The van der Waals surface area contributed by atoms with Crippen molar-refractivity contribution in [3.63, 3.8) is 0 Å². The fraction of sp³-hybridized carbons (Fsp3) is 0.346. The van der Waals surface area contributed by atoms with E-state index in [4.69, 9.17) is 13.9 Å². The summed E-state index contributed by atoms with van der Waals surface area (Å²) in [6, 6.07) is 13.5. The van der Waals surface area contributed by atoms with Crippen molar-refractivity contribution in [1.29, 1.82) is 0 Å². The van der Waals surface area contributed by atoms with Crippen LogP contribution in [-0.4, -0.2) is 35.7 Å². The molecular formula is C26H29NO6S. The van der Waals surface area contributed by atoms with Crippen LogP contribution in [0.15, 0.2) is 57.7 Å². The van der Waals surface area contributed by atoms with E-state index in [-0.39, 0.29) is 5.75 Å². The highest BCUT2D eigenvalue weighted by Crippen LogP contribution is 2.33. The third-order valence-electron chi connectivity index (χ3n) is 4.99. The predicted octanol–water partition coefficient (Wildman–Crippen LogP) is 5.32. The minimum absolute atomic E-state index is 0.256. The van der Waals surface area contributed by atoms with Crippen LogP contribution in [0.25, 0.3) is 22.1 Å². The molecule has 0 radical (unpaired) electrons. The van der Waals surface area contributed by atoms with Gasteiger partial charge in [0.05, 0.1) is 0 Å². The van der Waals surface area contributed by atoms with Crippen LogP contribution >= 0.6 is 11.8 Å². The molecular weight excluding hydrogens is 454 g/mol. The second kappa shape index (κ2) is 10.8. The average molecular weight is 484 g/mol. The molecule has 0 aliphatic heterocycles. The first kappa shape index (κ1) is 25.4. The van der Waals surface area contributed by atoms with Gasteiger partial charge in [0.1, 0.15) is 23.0 Å². The number of alkyl carbamates (subject to hydrolysis) is 1. The summed E-state index contributed by atoms with van der Waals surface area (Å²) in [5.41, 5.74) is 1.28. The van der Waals surface area contributed by atoms with Crippen LogP contribution in [0.4, 0.5) is 4.79 Å². The number of hydrogen-bond acceptors (Lipinski definition) is 7. The van der Waals surface area contributed by atoms with Crippen molar-refractivity contribution in [2.75, 3.05) is 12.0 Å². The molecule has 0 fully saturated rings. The summed E-state index contributed by atoms with van der Waals surface area (Å²) in [5.74, 6) is 0.275. The van der Waals surface area contributed by atoms with E-state index in [1.165, 1.54) is 6.07 Å². The molecule has 1 atom stereocenters. The number of carbonyl (C=O) groups excluding carboxylic acids is 2. The Labute approximate surface area is 202 Å². The Hall–Kier alpha value is -3.26. The molecule has 0 aliphatic carbocycles. The molecule has 0 aliphatic rings. The Bertz CT molecular complexity index is 1230. The normalized spacial score (nSPS) is 12.3. The molecule has 0 spiro atoms. The molecule has 0 saturated carbocycles. The summed E-state index contributed by atoms with van der Waals surface area (Å²) < 4.78 is 16.4. The van der Waals surface area contributed by atoms with Gasteiger partial charge in [0.15, 0.2) is 0 Å². The van der Waals surface area contributed by atoms with Gasteiger partial charge in [-0.3, -0.25) is 0 Å². The van der Waals surface area contributed by atoms with E-state index in [0.29, 0.717) is 23.3 Å².